The van der Waals surface area contributed by atoms with Gasteiger partial charge in [0.2, 0.25) is 0 Å². The molecular weight excluding hydrogens is 479 g/mol. The number of nitrogens with zero attached hydrogens (tertiary/aromatic N) is 1. The van der Waals surface area contributed by atoms with Crippen molar-refractivity contribution in [3.63, 3.8) is 0 Å². The van der Waals surface area contributed by atoms with Crippen molar-refractivity contribution < 1.29 is 24.3 Å². The first-order valence-corrected chi connectivity index (χ1v) is 8.98. The number of amides is 3. The molecule has 0 bridgehead atoms. The molecule has 142 valence electrons. The average Bonchev–Trinajstić information content (AvgIpc) is 2.93. The number of carboxylic acids is 1. The summed E-state index contributed by atoms with van der Waals surface area (Å²) in [5, 5.41) is 17.7. The summed E-state index contributed by atoms with van der Waals surface area (Å²) in [5.41, 5.74) is 3.93. The number of hydrazone groups is 1. The number of anilines is 2. The minimum Gasteiger partial charge on any atom is -0.478 e. The van der Waals surface area contributed by atoms with E-state index >= 15 is 0 Å². The number of fused-ring (bicyclic) bond motifs is 1. The Labute approximate surface area is 172 Å². The standard InChI is InChI=1S/C18H13IN4O5/c1-8-6-10(3-4-11(8)18(27)28)20-16(25)17(26)23-22-14-12-7-9(19)2-5-13(12)21-15(14)24/h2-7H,1H3,(H,20,25)(H,23,26)(H,27,28)(H,21,22,24). The van der Waals surface area contributed by atoms with Crippen LogP contribution in [0.4, 0.5) is 11.4 Å². The first-order chi connectivity index (χ1) is 13.3. The number of halogens is 1. The van der Waals surface area contributed by atoms with Gasteiger partial charge in [-0.25, -0.2) is 10.2 Å². The lowest BCUT2D eigenvalue weighted by Crippen LogP contribution is -2.33. The lowest BCUT2D eigenvalue weighted by molar-refractivity contribution is -0.136. The Morgan fingerprint density at radius 2 is 1.86 bits per heavy atom. The molecule has 0 saturated heterocycles. The van der Waals surface area contributed by atoms with E-state index in [0.717, 1.165) is 3.57 Å². The predicted octanol–water partition coefficient (Wildman–Crippen LogP) is 1.71. The van der Waals surface area contributed by atoms with Crippen molar-refractivity contribution in [3.05, 3.63) is 56.7 Å². The summed E-state index contributed by atoms with van der Waals surface area (Å²) in [4.78, 5) is 47.0. The zero-order valence-electron chi connectivity index (χ0n) is 14.4. The van der Waals surface area contributed by atoms with Gasteiger partial charge in [0.15, 0.2) is 5.71 Å². The van der Waals surface area contributed by atoms with Crippen LogP contribution in [-0.2, 0) is 14.4 Å². The molecule has 10 heteroatoms. The maximum atomic E-state index is 12.0. The smallest absolute Gasteiger partial charge is 0.335 e. The fraction of sp³-hybridized carbons (Fsp3) is 0.0556. The van der Waals surface area contributed by atoms with Gasteiger partial charge in [-0.3, -0.25) is 14.4 Å². The number of benzene rings is 2. The van der Waals surface area contributed by atoms with E-state index in [1.807, 2.05) is 6.07 Å². The van der Waals surface area contributed by atoms with Crippen molar-refractivity contribution in [1.82, 2.24) is 5.43 Å². The van der Waals surface area contributed by atoms with Crippen LogP contribution in [0.3, 0.4) is 0 Å². The maximum Gasteiger partial charge on any atom is 0.335 e. The third-order valence-corrected chi connectivity index (χ3v) is 4.56. The first-order valence-electron chi connectivity index (χ1n) is 7.90. The van der Waals surface area contributed by atoms with Gasteiger partial charge in [0.1, 0.15) is 0 Å². The zero-order valence-corrected chi connectivity index (χ0v) is 16.5. The van der Waals surface area contributed by atoms with Crippen LogP contribution in [0, 0.1) is 10.5 Å². The molecule has 1 aliphatic rings. The topological polar surface area (TPSA) is 137 Å². The van der Waals surface area contributed by atoms with Crippen molar-refractivity contribution in [3.8, 4) is 0 Å². The minimum atomic E-state index is -1.09. The van der Waals surface area contributed by atoms with Gasteiger partial charge < -0.3 is 15.7 Å². The molecule has 0 radical (unpaired) electrons. The quantitative estimate of drug-likeness (QED) is 0.294. The number of hydrogen-bond acceptors (Lipinski definition) is 5. The van der Waals surface area contributed by atoms with Crippen LogP contribution >= 0.6 is 22.6 Å². The normalized spacial score (nSPS) is 13.6. The van der Waals surface area contributed by atoms with E-state index in [9.17, 15) is 19.2 Å². The number of aromatic carboxylic acids is 1. The van der Waals surface area contributed by atoms with Crippen LogP contribution in [0.5, 0.6) is 0 Å². The predicted molar refractivity (Wildman–Crippen MR) is 109 cm³/mol. The fourth-order valence-electron chi connectivity index (χ4n) is 2.56. The number of carbonyl (C=O) groups excluding carboxylic acids is 3. The number of carbonyl (C=O) groups is 4. The van der Waals surface area contributed by atoms with Crippen LogP contribution in [0.2, 0.25) is 0 Å². The molecule has 4 N–H and O–H groups in total. The van der Waals surface area contributed by atoms with Crippen LogP contribution in [0.25, 0.3) is 0 Å². The van der Waals surface area contributed by atoms with Gasteiger partial charge in [0.05, 0.1) is 11.3 Å². The highest BCUT2D eigenvalue weighted by atomic mass is 127. The molecule has 0 fully saturated rings. The van der Waals surface area contributed by atoms with Gasteiger partial charge in [0, 0.05) is 14.8 Å². The van der Waals surface area contributed by atoms with E-state index in [1.54, 1.807) is 19.1 Å². The molecule has 0 aliphatic carbocycles. The number of rotatable bonds is 3. The van der Waals surface area contributed by atoms with Crippen LogP contribution in [0.15, 0.2) is 41.5 Å². The molecule has 3 amide bonds. The Morgan fingerprint density at radius 3 is 2.54 bits per heavy atom. The van der Waals surface area contributed by atoms with Crippen LogP contribution < -0.4 is 16.1 Å². The molecule has 2 aromatic rings. The van der Waals surface area contributed by atoms with Gasteiger partial charge in [0.25, 0.3) is 5.91 Å². The SMILES string of the molecule is Cc1cc(NC(=O)C(=O)N/N=C2\C(=O)Nc3ccc(I)cc32)ccc1C(=O)O. The number of aryl methyl sites for hydroxylation is 1. The van der Waals surface area contributed by atoms with Gasteiger partial charge in [-0.05, 0) is 71.5 Å². The van der Waals surface area contributed by atoms with Crippen LogP contribution in [-0.4, -0.2) is 34.5 Å². The summed E-state index contributed by atoms with van der Waals surface area (Å²) in [6.45, 7) is 1.57. The molecule has 9 nitrogen and oxygen atoms in total. The molecule has 1 aliphatic heterocycles. The zero-order chi connectivity index (χ0) is 20.4. The highest BCUT2D eigenvalue weighted by Crippen LogP contribution is 2.25. The Bertz CT molecular complexity index is 1060. The summed E-state index contributed by atoms with van der Waals surface area (Å²) < 4.78 is 0.879. The molecule has 1 heterocycles. The van der Waals surface area contributed by atoms with E-state index in [1.165, 1.54) is 18.2 Å². The molecule has 3 rings (SSSR count). The lowest BCUT2D eigenvalue weighted by atomic mass is 10.1. The molecule has 0 aromatic heterocycles. The van der Waals surface area contributed by atoms with Gasteiger partial charge >= 0.3 is 17.8 Å². The van der Waals surface area contributed by atoms with E-state index < -0.39 is 23.7 Å². The minimum absolute atomic E-state index is 0.00341. The highest BCUT2D eigenvalue weighted by molar-refractivity contribution is 14.1. The monoisotopic (exact) mass is 492 g/mol. The maximum absolute atomic E-state index is 12.0. The van der Waals surface area contributed by atoms with Gasteiger partial charge in [-0.2, -0.15) is 5.10 Å². The second-order valence-corrected chi connectivity index (χ2v) is 7.08. The number of nitrogens with one attached hydrogen (secondary N) is 3. The Hall–Kier alpha value is -3.28. The molecule has 0 atom stereocenters. The van der Waals surface area contributed by atoms with Gasteiger partial charge in [-0.15, -0.1) is 0 Å². The first kappa shape index (κ1) is 19.5. The third kappa shape index (κ3) is 4.01. The molecule has 0 spiro atoms. The van der Waals surface area contributed by atoms with E-state index in [4.69, 9.17) is 5.11 Å². The number of hydrogen-bond donors (Lipinski definition) is 4. The highest BCUT2D eigenvalue weighted by Gasteiger charge is 2.27. The second kappa shape index (κ2) is 7.76. The number of carboxylic acid groups (broad SMARTS) is 1. The second-order valence-electron chi connectivity index (χ2n) is 5.83. The fourth-order valence-corrected chi connectivity index (χ4v) is 3.05. The summed E-state index contributed by atoms with van der Waals surface area (Å²) in [6, 6.07) is 9.39. The van der Waals surface area contributed by atoms with Crippen molar-refractivity contribution in [2.45, 2.75) is 6.92 Å². The molecular formula is C18H13IN4O5. The molecule has 0 saturated carbocycles. The Balaban J connectivity index is 1.70. The summed E-state index contributed by atoms with van der Waals surface area (Å²) >= 11 is 2.08. The summed E-state index contributed by atoms with van der Waals surface area (Å²) in [5.74, 6) is -3.65. The van der Waals surface area contributed by atoms with E-state index in [2.05, 4.69) is 43.8 Å². The van der Waals surface area contributed by atoms with Crippen LogP contribution in [0.1, 0.15) is 21.5 Å². The van der Waals surface area contributed by atoms with E-state index in [-0.39, 0.29) is 17.0 Å². The van der Waals surface area contributed by atoms with E-state index in [0.29, 0.717) is 16.8 Å². The molecule has 0 unspecified atom stereocenters. The van der Waals surface area contributed by atoms with Crippen molar-refractivity contribution in [2.75, 3.05) is 10.6 Å². The lowest BCUT2D eigenvalue weighted by Gasteiger charge is -2.07. The van der Waals surface area contributed by atoms with Gasteiger partial charge in [-0.1, -0.05) is 0 Å². The summed E-state index contributed by atoms with van der Waals surface area (Å²) in [7, 11) is 0. The average molecular weight is 492 g/mol. The Morgan fingerprint density at radius 1 is 1.11 bits per heavy atom. The molecule has 2 aromatic carbocycles. The Kier molecular flexibility index (Phi) is 5.40. The van der Waals surface area contributed by atoms with Crippen molar-refractivity contribution >= 4 is 63.4 Å². The third-order valence-electron chi connectivity index (χ3n) is 3.89. The van der Waals surface area contributed by atoms with Crippen molar-refractivity contribution in [2.24, 2.45) is 5.10 Å². The molecule has 28 heavy (non-hydrogen) atoms. The largest absolute Gasteiger partial charge is 0.478 e. The summed E-state index contributed by atoms with van der Waals surface area (Å²) in [6.07, 6.45) is 0. The van der Waals surface area contributed by atoms with Crippen molar-refractivity contribution in [1.29, 1.82) is 0 Å².